The largest absolute Gasteiger partial charge is 0.256 e. The summed E-state index contributed by atoms with van der Waals surface area (Å²) < 4.78 is 0. The average molecular weight is 538 g/mol. The summed E-state index contributed by atoms with van der Waals surface area (Å²) >= 11 is 0. The minimum absolute atomic E-state index is 0.941. The lowest BCUT2D eigenvalue weighted by molar-refractivity contribution is 1.32. The molecule has 0 saturated carbocycles. The second-order valence-corrected chi connectivity index (χ2v) is 10.9. The summed E-state index contributed by atoms with van der Waals surface area (Å²) in [5.74, 6) is 0. The van der Waals surface area contributed by atoms with E-state index in [9.17, 15) is 0 Å². The molecule has 8 aromatic rings. The van der Waals surface area contributed by atoms with Crippen LogP contribution < -0.4 is 0 Å². The molecule has 8 rings (SSSR count). The Balaban J connectivity index is 1.60. The summed E-state index contributed by atoms with van der Waals surface area (Å²) in [5.41, 5.74) is 10.6. The van der Waals surface area contributed by atoms with Crippen LogP contribution in [0.15, 0.2) is 128 Å². The van der Waals surface area contributed by atoms with Crippen LogP contribution in [0.1, 0.15) is 11.1 Å². The maximum atomic E-state index is 5.39. The van der Waals surface area contributed by atoms with E-state index in [4.69, 9.17) is 9.97 Å². The Morgan fingerprint density at radius 3 is 1.60 bits per heavy atom. The predicted octanol–water partition coefficient (Wildman–Crippen LogP) is 10.1. The lowest BCUT2D eigenvalue weighted by Crippen LogP contribution is -1.99. The summed E-state index contributed by atoms with van der Waals surface area (Å²) in [6, 6.07) is 42.2. The van der Waals surface area contributed by atoms with Crippen LogP contribution in [0.25, 0.3) is 77.1 Å². The van der Waals surface area contributed by atoms with Crippen molar-refractivity contribution in [1.82, 2.24) is 15.0 Å². The third-order valence-corrected chi connectivity index (χ3v) is 8.43. The Morgan fingerprint density at radius 1 is 0.429 bits per heavy atom. The van der Waals surface area contributed by atoms with Crippen LogP contribution in [-0.2, 0) is 0 Å². The number of aryl methyl sites for hydroxylation is 2. The highest BCUT2D eigenvalue weighted by atomic mass is 14.7. The molecule has 0 saturated heterocycles. The fourth-order valence-electron chi connectivity index (χ4n) is 6.54. The molecule has 0 unspecified atom stereocenters. The molecule has 0 fully saturated rings. The van der Waals surface area contributed by atoms with E-state index in [-0.39, 0.29) is 0 Å². The highest BCUT2D eigenvalue weighted by molar-refractivity contribution is 6.25. The number of hydrogen-bond acceptors (Lipinski definition) is 3. The van der Waals surface area contributed by atoms with E-state index in [0.29, 0.717) is 0 Å². The molecule has 0 bridgehead atoms. The highest BCUT2D eigenvalue weighted by Crippen LogP contribution is 2.45. The van der Waals surface area contributed by atoms with Gasteiger partial charge in [0.1, 0.15) is 0 Å². The number of benzene rings is 5. The first-order valence-electron chi connectivity index (χ1n) is 14.3. The first kappa shape index (κ1) is 24.4. The number of nitrogens with zero attached hydrogens (tertiary/aromatic N) is 3. The summed E-state index contributed by atoms with van der Waals surface area (Å²) in [5, 5.41) is 7.17. The third-order valence-electron chi connectivity index (χ3n) is 8.43. The van der Waals surface area contributed by atoms with Crippen LogP contribution in [0, 0.1) is 13.8 Å². The normalized spacial score (nSPS) is 11.6. The molecule has 3 heteroatoms. The van der Waals surface area contributed by atoms with Gasteiger partial charge in [0.05, 0.1) is 28.1 Å². The van der Waals surface area contributed by atoms with Crippen molar-refractivity contribution in [3.05, 3.63) is 139 Å². The van der Waals surface area contributed by atoms with Gasteiger partial charge in [-0.25, -0.2) is 9.97 Å². The number of para-hydroxylation sites is 1. The van der Waals surface area contributed by atoms with Crippen molar-refractivity contribution < 1.29 is 0 Å². The summed E-state index contributed by atoms with van der Waals surface area (Å²) in [7, 11) is 0. The van der Waals surface area contributed by atoms with Crippen LogP contribution in [-0.4, -0.2) is 15.0 Å². The van der Waals surface area contributed by atoms with Gasteiger partial charge in [-0.3, -0.25) is 4.98 Å². The van der Waals surface area contributed by atoms with Crippen LogP contribution in [0.2, 0.25) is 0 Å². The van der Waals surface area contributed by atoms with Gasteiger partial charge in [-0.2, -0.15) is 0 Å². The predicted molar refractivity (Wildman–Crippen MR) is 176 cm³/mol. The van der Waals surface area contributed by atoms with Gasteiger partial charge in [0.15, 0.2) is 0 Å². The molecule has 0 N–H and O–H groups in total. The molecule has 3 nitrogen and oxygen atoms in total. The molecule has 0 spiro atoms. The molecule has 0 aliphatic carbocycles. The van der Waals surface area contributed by atoms with Crippen molar-refractivity contribution in [2.75, 3.05) is 0 Å². The second kappa shape index (κ2) is 9.60. The van der Waals surface area contributed by atoms with Gasteiger partial charge in [-0.1, -0.05) is 97.1 Å². The minimum atomic E-state index is 0.941. The molecular weight excluding hydrogens is 510 g/mol. The summed E-state index contributed by atoms with van der Waals surface area (Å²) in [4.78, 5) is 15.3. The van der Waals surface area contributed by atoms with Crippen LogP contribution >= 0.6 is 0 Å². The van der Waals surface area contributed by atoms with Crippen LogP contribution in [0.3, 0.4) is 0 Å². The Labute approximate surface area is 244 Å². The van der Waals surface area contributed by atoms with Crippen molar-refractivity contribution in [1.29, 1.82) is 0 Å². The second-order valence-electron chi connectivity index (χ2n) is 10.9. The first-order valence-corrected chi connectivity index (χ1v) is 14.3. The lowest BCUT2D eigenvalue weighted by atomic mass is 9.86. The van der Waals surface area contributed by atoms with Crippen LogP contribution in [0.4, 0.5) is 0 Å². The molecule has 198 valence electrons. The Hall–Kier alpha value is -5.41. The van der Waals surface area contributed by atoms with Gasteiger partial charge in [-0.05, 0) is 60.0 Å². The zero-order valence-corrected chi connectivity index (χ0v) is 23.5. The minimum Gasteiger partial charge on any atom is -0.256 e. The maximum Gasteiger partial charge on any atom is 0.0791 e. The van der Waals surface area contributed by atoms with Gasteiger partial charge >= 0.3 is 0 Å². The van der Waals surface area contributed by atoms with E-state index in [2.05, 4.69) is 122 Å². The maximum absolute atomic E-state index is 5.39. The van der Waals surface area contributed by atoms with E-state index in [1.807, 2.05) is 24.4 Å². The molecule has 0 atom stereocenters. The van der Waals surface area contributed by atoms with Crippen molar-refractivity contribution in [3.8, 4) is 33.8 Å². The Bertz CT molecular complexity index is 2290. The topological polar surface area (TPSA) is 38.7 Å². The standard InChI is InChI=1S/C39H27N3/c1-24-34-29-17-9-10-19-32(29)41-38(26-13-5-3-6-14-26)36(34)25(2)35-30-21-20-28(31-18-11-12-22-40-31)23-33(30)42-39(37(24)35)27-15-7-4-8-16-27/h3-23H,1-2H3. The molecule has 3 heterocycles. The first-order chi connectivity index (χ1) is 20.7. The molecular formula is C39H27N3. The van der Waals surface area contributed by atoms with Gasteiger partial charge in [0, 0.05) is 44.4 Å². The average Bonchev–Trinajstić information content (AvgIpc) is 3.06. The smallest absolute Gasteiger partial charge is 0.0791 e. The molecule has 5 aromatic carbocycles. The summed E-state index contributed by atoms with van der Waals surface area (Å²) in [6.45, 7) is 4.52. The van der Waals surface area contributed by atoms with Crippen molar-refractivity contribution in [2.24, 2.45) is 0 Å². The third kappa shape index (κ3) is 3.71. The Morgan fingerprint density at radius 2 is 0.976 bits per heavy atom. The zero-order valence-electron chi connectivity index (χ0n) is 23.5. The monoisotopic (exact) mass is 537 g/mol. The van der Waals surface area contributed by atoms with E-state index >= 15 is 0 Å². The molecule has 0 amide bonds. The molecule has 0 radical (unpaired) electrons. The number of pyridine rings is 3. The van der Waals surface area contributed by atoms with E-state index < -0.39 is 0 Å². The molecule has 0 aliphatic heterocycles. The van der Waals surface area contributed by atoms with E-state index in [1.165, 1.54) is 38.1 Å². The molecule has 0 aliphatic rings. The molecule has 3 aromatic heterocycles. The van der Waals surface area contributed by atoms with E-state index in [1.54, 1.807) is 0 Å². The van der Waals surface area contributed by atoms with Gasteiger partial charge in [0.2, 0.25) is 0 Å². The Kier molecular flexibility index (Phi) is 5.58. The molecule has 42 heavy (non-hydrogen) atoms. The highest BCUT2D eigenvalue weighted by Gasteiger charge is 2.22. The number of hydrogen-bond donors (Lipinski definition) is 0. The van der Waals surface area contributed by atoms with Crippen molar-refractivity contribution >= 4 is 43.4 Å². The van der Waals surface area contributed by atoms with Crippen molar-refractivity contribution in [3.63, 3.8) is 0 Å². The zero-order chi connectivity index (χ0) is 28.2. The van der Waals surface area contributed by atoms with Gasteiger partial charge in [0.25, 0.3) is 0 Å². The SMILES string of the molecule is Cc1c2c(-c3ccccc3)nc3cc(-c4ccccn4)ccc3c2c(C)c2c(-c3ccccc3)nc3ccccc3c12. The fourth-order valence-corrected chi connectivity index (χ4v) is 6.54. The van der Waals surface area contributed by atoms with E-state index in [0.717, 1.165) is 50.2 Å². The number of fused-ring (bicyclic) bond motifs is 6. The number of aromatic nitrogens is 3. The summed E-state index contributed by atoms with van der Waals surface area (Å²) in [6.07, 6.45) is 1.84. The lowest BCUT2D eigenvalue weighted by Gasteiger charge is -2.21. The van der Waals surface area contributed by atoms with Gasteiger partial charge in [-0.15, -0.1) is 0 Å². The quantitative estimate of drug-likeness (QED) is 0.166. The van der Waals surface area contributed by atoms with Crippen LogP contribution in [0.5, 0.6) is 0 Å². The van der Waals surface area contributed by atoms with Gasteiger partial charge < -0.3 is 0 Å². The fraction of sp³-hybridized carbons (Fsp3) is 0.0513. The van der Waals surface area contributed by atoms with Crippen molar-refractivity contribution in [2.45, 2.75) is 13.8 Å². The number of rotatable bonds is 3.